The Morgan fingerprint density at radius 2 is 2.20 bits per heavy atom. The number of nitrogens with two attached hydrogens (primary N) is 1. The third-order valence-electron chi connectivity index (χ3n) is 2.42. The lowest BCUT2D eigenvalue weighted by atomic mass is 10.3. The second-order valence-electron chi connectivity index (χ2n) is 3.81. The number of rotatable bonds is 8. The smallest absolute Gasteiger partial charge is 0.360 e. The van der Waals surface area contributed by atoms with Crippen LogP contribution in [0.15, 0.2) is 0 Å². The van der Waals surface area contributed by atoms with E-state index in [9.17, 15) is 9.59 Å². The van der Waals surface area contributed by atoms with Crippen molar-refractivity contribution in [2.75, 3.05) is 26.9 Å². The number of hydrogen-bond acceptors (Lipinski definition) is 7. The van der Waals surface area contributed by atoms with Crippen LogP contribution in [0, 0.1) is 0 Å². The number of nitrogens with one attached hydrogen (secondary N) is 1. The summed E-state index contributed by atoms with van der Waals surface area (Å²) in [5.41, 5.74) is 5.97. The van der Waals surface area contributed by atoms with E-state index in [-0.39, 0.29) is 31.3 Å². The van der Waals surface area contributed by atoms with Gasteiger partial charge in [0.25, 0.3) is 0 Å². The fourth-order valence-corrected chi connectivity index (χ4v) is 1.50. The lowest BCUT2D eigenvalue weighted by Gasteiger charge is -2.07. The van der Waals surface area contributed by atoms with Gasteiger partial charge in [-0.3, -0.25) is 4.79 Å². The molecule has 0 aliphatic heterocycles. The second-order valence-corrected chi connectivity index (χ2v) is 3.81. The molecule has 112 valence electrons. The quantitative estimate of drug-likeness (QED) is 0.448. The SMILES string of the molecule is CCOC(=O)c1nnn(CC(=O)NCCOC)c1CN. The van der Waals surface area contributed by atoms with Gasteiger partial charge in [0.2, 0.25) is 5.91 Å². The molecule has 1 heterocycles. The van der Waals surface area contributed by atoms with Gasteiger partial charge in [0.05, 0.1) is 18.9 Å². The molecule has 1 aromatic heterocycles. The number of ether oxygens (including phenoxy) is 2. The molecule has 3 N–H and O–H groups in total. The Bertz CT molecular complexity index is 460. The highest BCUT2D eigenvalue weighted by molar-refractivity contribution is 5.88. The van der Waals surface area contributed by atoms with Gasteiger partial charge >= 0.3 is 5.97 Å². The molecule has 0 saturated carbocycles. The topological polar surface area (TPSA) is 121 Å². The lowest BCUT2D eigenvalue weighted by molar-refractivity contribution is -0.122. The number of hydrogen-bond donors (Lipinski definition) is 2. The first-order valence-electron chi connectivity index (χ1n) is 6.19. The maximum absolute atomic E-state index is 11.6. The fourth-order valence-electron chi connectivity index (χ4n) is 1.50. The van der Waals surface area contributed by atoms with Crippen LogP contribution in [0.5, 0.6) is 0 Å². The Kier molecular flexibility index (Phi) is 6.60. The largest absolute Gasteiger partial charge is 0.461 e. The van der Waals surface area contributed by atoms with Crippen LogP contribution < -0.4 is 11.1 Å². The maximum Gasteiger partial charge on any atom is 0.360 e. The molecule has 1 amide bonds. The molecular formula is C11H19N5O4. The molecule has 0 saturated heterocycles. The molecule has 1 aromatic rings. The normalized spacial score (nSPS) is 10.3. The number of methoxy groups -OCH3 is 1. The van der Waals surface area contributed by atoms with Crippen molar-refractivity contribution >= 4 is 11.9 Å². The first-order valence-corrected chi connectivity index (χ1v) is 6.19. The molecule has 0 bridgehead atoms. The summed E-state index contributed by atoms with van der Waals surface area (Å²) >= 11 is 0. The molecule has 1 rings (SSSR count). The molecule has 0 aliphatic carbocycles. The van der Waals surface area contributed by atoms with Crippen LogP contribution in [0.3, 0.4) is 0 Å². The maximum atomic E-state index is 11.6. The average Bonchev–Trinajstić information content (AvgIpc) is 2.82. The van der Waals surface area contributed by atoms with Crippen LogP contribution >= 0.6 is 0 Å². The van der Waals surface area contributed by atoms with Crippen LogP contribution in [0.25, 0.3) is 0 Å². The van der Waals surface area contributed by atoms with E-state index in [1.807, 2.05) is 0 Å². The summed E-state index contributed by atoms with van der Waals surface area (Å²) in [6.45, 7) is 2.70. The van der Waals surface area contributed by atoms with E-state index in [1.54, 1.807) is 14.0 Å². The lowest BCUT2D eigenvalue weighted by Crippen LogP contribution is -2.31. The van der Waals surface area contributed by atoms with E-state index in [0.29, 0.717) is 18.8 Å². The second kappa shape index (κ2) is 8.23. The summed E-state index contributed by atoms with van der Waals surface area (Å²) < 4.78 is 10.9. The Labute approximate surface area is 116 Å². The summed E-state index contributed by atoms with van der Waals surface area (Å²) in [4.78, 5) is 23.3. The van der Waals surface area contributed by atoms with E-state index in [4.69, 9.17) is 15.2 Å². The summed E-state index contributed by atoms with van der Waals surface area (Å²) in [5.74, 6) is -0.865. The van der Waals surface area contributed by atoms with Crippen LogP contribution in [-0.2, 0) is 27.4 Å². The number of carbonyl (C=O) groups is 2. The molecule has 0 unspecified atom stereocenters. The third kappa shape index (κ3) is 4.28. The van der Waals surface area contributed by atoms with E-state index in [0.717, 1.165) is 0 Å². The molecule has 0 aromatic carbocycles. The predicted octanol–water partition coefficient (Wildman–Crippen LogP) is -1.32. The molecule has 0 radical (unpaired) electrons. The monoisotopic (exact) mass is 285 g/mol. The summed E-state index contributed by atoms with van der Waals surface area (Å²) in [6.07, 6.45) is 0. The highest BCUT2D eigenvalue weighted by Gasteiger charge is 2.20. The number of aromatic nitrogens is 3. The first kappa shape index (κ1) is 16.1. The third-order valence-corrected chi connectivity index (χ3v) is 2.42. The fraction of sp³-hybridized carbons (Fsp3) is 0.636. The van der Waals surface area contributed by atoms with Crippen molar-refractivity contribution in [2.45, 2.75) is 20.0 Å². The van der Waals surface area contributed by atoms with E-state index >= 15 is 0 Å². The van der Waals surface area contributed by atoms with Crippen molar-refractivity contribution in [3.63, 3.8) is 0 Å². The van der Waals surface area contributed by atoms with Gasteiger partial charge in [-0.1, -0.05) is 5.21 Å². The highest BCUT2D eigenvalue weighted by Crippen LogP contribution is 2.06. The zero-order chi connectivity index (χ0) is 15.0. The molecule has 0 atom stereocenters. The standard InChI is InChI=1S/C11H19N5O4/c1-3-20-11(18)10-8(6-12)16(15-14-10)7-9(17)13-4-5-19-2/h3-7,12H2,1-2H3,(H,13,17). The van der Waals surface area contributed by atoms with Crippen molar-refractivity contribution in [3.8, 4) is 0 Å². The number of nitrogens with zero attached hydrogens (tertiary/aromatic N) is 3. The van der Waals surface area contributed by atoms with Gasteiger partial charge < -0.3 is 20.5 Å². The summed E-state index contributed by atoms with van der Waals surface area (Å²) in [5, 5.41) is 10.1. The van der Waals surface area contributed by atoms with Crippen LogP contribution in [-0.4, -0.2) is 53.7 Å². The number of carbonyl (C=O) groups excluding carboxylic acids is 2. The van der Waals surface area contributed by atoms with E-state index in [1.165, 1.54) is 4.68 Å². The van der Waals surface area contributed by atoms with Crippen molar-refractivity contribution in [3.05, 3.63) is 11.4 Å². The van der Waals surface area contributed by atoms with Crippen LogP contribution in [0.1, 0.15) is 23.1 Å². The van der Waals surface area contributed by atoms with Gasteiger partial charge in [0.1, 0.15) is 6.54 Å². The summed E-state index contributed by atoms with van der Waals surface area (Å²) in [6, 6.07) is 0. The van der Waals surface area contributed by atoms with Gasteiger partial charge in [-0.05, 0) is 6.92 Å². The molecular weight excluding hydrogens is 266 g/mol. The molecule has 0 fully saturated rings. The Morgan fingerprint density at radius 1 is 1.45 bits per heavy atom. The van der Waals surface area contributed by atoms with E-state index in [2.05, 4.69) is 15.6 Å². The Hall–Kier alpha value is -2.00. The minimum atomic E-state index is -0.598. The van der Waals surface area contributed by atoms with Gasteiger partial charge in [0.15, 0.2) is 5.69 Å². The first-order chi connectivity index (χ1) is 9.63. The zero-order valence-corrected chi connectivity index (χ0v) is 11.6. The van der Waals surface area contributed by atoms with Crippen molar-refractivity contribution in [2.24, 2.45) is 5.73 Å². The minimum absolute atomic E-state index is 0.0342. The van der Waals surface area contributed by atoms with Crippen molar-refractivity contribution < 1.29 is 19.1 Å². The Balaban J connectivity index is 2.71. The van der Waals surface area contributed by atoms with Crippen molar-refractivity contribution in [1.29, 1.82) is 0 Å². The number of esters is 1. The molecule has 9 nitrogen and oxygen atoms in total. The average molecular weight is 285 g/mol. The molecule has 9 heteroatoms. The Morgan fingerprint density at radius 3 is 2.80 bits per heavy atom. The predicted molar refractivity (Wildman–Crippen MR) is 68.8 cm³/mol. The minimum Gasteiger partial charge on any atom is -0.461 e. The van der Waals surface area contributed by atoms with Gasteiger partial charge in [-0.2, -0.15) is 0 Å². The van der Waals surface area contributed by atoms with Gasteiger partial charge in [0, 0.05) is 20.2 Å². The van der Waals surface area contributed by atoms with Gasteiger partial charge in [-0.15, -0.1) is 5.10 Å². The number of amides is 1. The van der Waals surface area contributed by atoms with Crippen molar-refractivity contribution in [1.82, 2.24) is 20.3 Å². The molecule has 20 heavy (non-hydrogen) atoms. The highest BCUT2D eigenvalue weighted by atomic mass is 16.5. The molecule has 0 aliphatic rings. The zero-order valence-electron chi connectivity index (χ0n) is 11.6. The van der Waals surface area contributed by atoms with Crippen LogP contribution in [0.4, 0.5) is 0 Å². The van der Waals surface area contributed by atoms with Gasteiger partial charge in [-0.25, -0.2) is 9.48 Å². The molecule has 0 spiro atoms. The van der Waals surface area contributed by atoms with Crippen LogP contribution in [0.2, 0.25) is 0 Å². The van der Waals surface area contributed by atoms with E-state index < -0.39 is 5.97 Å². The summed E-state index contributed by atoms with van der Waals surface area (Å²) in [7, 11) is 1.54.